The number of carboxylic acids is 1. The Bertz CT molecular complexity index is 1180. The Morgan fingerprint density at radius 3 is 2.48 bits per heavy atom. The van der Waals surface area contributed by atoms with Crippen molar-refractivity contribution < 1.29 is 43.1 Å². The summed E-state index contributed by atoms with van der Waals surface area (Å²) in [7, 11) is 1.33. The zero-order valence-corrected chi connectivity index (χ0v) is 23.3. The predicted molar refractivity (Wildman–Crippen MR) is 141 cm³/mol. The number of carbonyl (C=O) groups excluding carboxylic acids is 4. The van der Waals surface area contributed by atoms with Crippen molar-refractivity contribution in [3.8, 4) is 0 Å². The van der Waals surface area contributed by atoms with Crippen LogP contribution in [-0.4, -0.2) is 66.8 Å². The summed E-state index contributed by atoms with van der Waals surface area (Å²) in [6, 6.07) is 10.5. The van der Waals surface area contributed by atoms with E-state index in [9.17, 15) is 24.3 Å². The Kier molecular flexibility index (Phi) is 10.6. The van der Waals surface area contributed by atoms with Gasteiger partial charge in [0.25, 0.3) is 12.6 Å². The van der Waals surface area contributed by atoms with Crippen molar-refractivity contribution in [2.75, 3.05) is 20.3 Å². The first-order valence-electron chi connectivity index (χ1n) is 13.2. The van der Waals surface area contributed by atoms with Crippen molar-refractivity contribution in [3.05, 3.63) is 66.0 Å². The van der Waals surface area contributed by atoms with E-state index in [1.54, 1.807) is 37.9 Å². The molecule has 1 fully saturated rings. The molecule has 0 aliphatic carbocycles. The summed E-state index contributed by atoms with van der Waals surface area (Å²) >= 11 is 0. The predicted octanol–water partition coefficient (Wildman–Crippen LogP) is 1.54. The molecule has 2 amide bonds. The quantitative estimate of drug-likeness (QED) is 0.344. The molecule has 1 aliphatic heterocycles. The van der Waals surface area contributed by atoms with Gasteiger partial charge in [-0.05, 0) is 51.7 Å². The third-order valence-electron chi connectivity index (χ3n) is 6.51. The maximum Gasteiger partial charge on any atom is 0.414 e. The average molecular weight is 556 g/mol. The molecule has 40 heavy (non-hydrogen) atoms. The molecule has 0 spiro atoms. The lowest BCUT2D eigenvalue weighted by Crippen LogP contribution is -2.52. The largest absolute Gasteiger partial charge is 0.548 e. The number of ether oxygens (including phenoxy) is 3. The van der Waals surface area contributed by atoms with Crippen LogP contribution >= 0.6 is 0 Å². The second-order valence-electron chi connectivity index (χ2n) is 10.6. The molecule has 11 nitrogen and oxygen atoms in total. The molecule has 3 rings (SSSR count). The number of hydrogen-bond acceptors (Lipinski definition) is 8. The molecule has 3 atom stereocenters. The molecule has 1 aromatic heterocycles. The lowest BCUT2D eigenvalue weighted by atomic mass is 9.85. The van der Waals surface area contributed by atoms with Crippen molar-refractivity contribution in [2.24, 2.45) is 0 Å². The fourth-order valence-electron chi connectivity index (χ4n) is 4.53. The first-order chi connectivity index (χ1) is 19.0. The molecule has 2 heterocycles. The minimum Gasteiger partial charge on any atom is -0.548 e. The number of carboxylic acid groups (broad SMARTS) is 1. The van der Waals surface area contributed by atoms with E-state index in [2.05, 4.69) is 5.32 Å². The van der Waals surface area contributed by atoms with Crippen molar-refractivity contribution in [2.45, 2.75) is 70.4 Å². The summed E-state index contributed by atoms with van der Waals surface area (Å²) < 4.78 is 17.6. The fourth-order valence-corrected chi connectivity index (χ4v) is 4.53. The first-order valence-corrected chi connectivity index (χ1v) is 13.2. The van der Waals surface area contributed by atoms with Crippen LogP contribution in [0.1, 0.15) is 61.9 Å². The van der Waals surface area contributed by atoms with Crippen LogP contribution in [0.3, 0.4) is 0 Å². The number of benzene rings is 1. The normalized spacial score (nSPS) is 16.9. The van der Waals surface area contributed by atoms with Crippen LogP contribution in [-0.2, 0) is 30.5 Å². The molecule has 2 aromatic rings. The zero-order valence-electron chi connectivity index (χ0n) is 23.3. The number of amides is 2. The van der Waals surface area contributed by atoms with E-state index in [0.29, 0.717) is 13.0 Å². The minimum atomic E-state index is -1.47. The van der Waals surface area contributed by atoms with Gasteiger partial charge < -0.3 is 34.3 Å². The lowest BCUT2D eigenvalue weighted by molar-refractivity contribution is -0.727. The van der Waals surface area contributed by atoms with Crippen molar-refractivity contribution >= 4 is 23.9 Å². The van der Waals surface area contributed by atoms with Gasteiger partial charge in [-0.25, -0.2) is 4.79 Å². The van der Waals surface area contributed by atoms with Gasteiger partial charge in [0.1, 0.15) is 11.5 Å². The van der Waals surface area contributed by atoms with Gasteiger partial charge >= 0.3 is 12.1 Å². The van der Waals surface area contributed by atoms with Crippen LogP contribution in [0, 0.1) is 0 Å². The number of nitrogens with one attached hydrogen (secondary N) is 1. The molecule has 0 unspecified atom stereocenters. The molecule has 1 aromatic carbocycles. The molecule has 0 bridgehead atoms. The molecule has 216 valence electrons. The second kappa shape index (κ2) is 13.9. The molecule has 1 aliphatic rings. The summed E-state index contributed by atoms with van der Waals surface area (Å²) in [4.78, 5) is 51.8. The summed E-state index contributed by atoms with van der Waals surface area (Å²) in [5, 5.41) is 13.9. The van der Waals surface area contributed by atoms with Crippen LogP contribution in [0.4, 0.5) is 4.79 Å². The van der Waals surface area contributed by atoms with Crippen LogP contribution < -0.4 is 15.0 Å². The van der Waals surface area contributed by atoms with Crippen LogP contribution in [0.25, 0.3) is 0 Å². The van der Waals surface area contributed by atoms with Crippen LogP contribution in [0.2, 0.25) is 0 Å². The van der Waals surface area contributed by atoms with Gasteiger partial charge in [-0.15, -0.1) is 0 Å². The molecule has 11 heteroatoms. The summed E-state index contributed by atoms with van der Waals surface area (Å²) in [6.07, 6.45) is 4.70. The number of likely N-dealkylation sites (tertiary alicyclic amines) is 1. The molecule has 1 saturated heterocycles. The maximum absolute atomic E-state index is 13.2. The highest BCUT2D eigenvalue weighted by atomic mass is 16.6. The minimum absolute atomic E-state index is 0.159. The van der Waals surface area contributed by atoms with E-state index in [1.165, 1.54) is 23.9 Å². The second-order valence-corrected chi connectivity index (χ2v) is 10.6. The van der Waals surface area contributed by atoms with Gasteiger partial charge in [0, 0.05) is 12.6 Å². The van der Waals surface area contributed by atoms with Crippen LogP contribution in [0.15, 0.2) is 54.9 Å². The number of esters is 1. The average Bonchev–Trinajstić information content (AvgIpc) is 2.94. The highest BCUT2D eigenvalue weighted by molar-refractivity contribution is 5.95. The van der Waals surface area contributed by atoms with E-state index in [4.69, 9.17) is 14.2 Å². The molecular formula is C29H37N3O8. The Morgan fingerprint density at radius 1 is 1.10 bits per heavy atom. The van der Waals surface area contributed by atoms with E-state index >= 15 is 0 Å². The monoisotopic (exact) mass is 555 g/mol. The number of pyridine rings is 1. The third-order valence-corrected chi connectivity index (χ3v) is 6.51. The standard InChI is InChI=1S/C29H37N3O8/c1-29(2,3)40-18-22(26(34)35)30-25(33)21-13-10-15-31(17-21)19-39-28(37)32-16-9-8-14-23(32)24(27(36)38-4)20-11-6-5-7-12-20/h5-7,10-13,15,17,22-24H,8-9,14,16,18-19H2,1-4H3,(H-,30,33,34,35)/t22-,23+,24+/m0/s1. The number of methoxy groups -OCH3 is 1. The van der Waals surface area contributed by atoms with Gasteiger partial charge in [-0.3, -0.25) is 9.59 Å². The van der Waals surface area contributed by atoms with Gasteiger partial charge in [0.05, 0.1) is 37.4 Å². The van der Waals surface area contributed by atoms with Crippen molar-refractivity contribution in [1.29, 1.82) is 0 Å². The van der Waals surface area contributed by atoms with Crippen molar-refractivity contribution in [1.82, 2.24) is 10.2 Å². The molecule has 0 radical (unpaired) electrons. The Morgan fingerprint density at radius 2 is 1.82 bits per heavy atom. The first kappa shape index (κ1) is 30.6. The SMILES string of the molecule is COC(=O)[C@H](c1ccccc1)[C@H]1CCCCN1C(=O)OC[n+]1cccc(C(=O)N[C@@H](COC(C)(C)C)C(=O)[O-])c1. The lowest BCUT2D eigenvalue weighted by Gasteiger charge is -2.38. The number of nitrogens with zero attached hydrogens (tertiary/aromatic N) is 2. The number of piperidine rings is 1. The Balaban J connectivity index is 1.68. The molecule has 1 N–H and O–H groups in total. The van der Waals surface area contributed by atoms with E-state index in [1.807, 2.05) is 30.3 Å². The highest BCUT2D eigenvalue weighted by Gasteiger charge is 2.39. The smallest absolute Gasteiger partial charge is 0.414 e. The third kappa shape index (κ3) is 8.51. The summed E-state index contributed by atoms with van der Waals surface area (Å²) in [5.41, 5.74) is 0.324. The molecular weight excluding hydrogens is 518 g/mol. The maximum atomic E-state index is 13.2. The number of aliphatic carboxylic acids is 1. The Hall–Kier alpha value is -3.99. The summed E-state index contributed by atoms with van der Waals surface area (Å²) in [5.74, 6) is -3.19. The fraction of sp³-hybridized carbons (Fsp3) is 0.483. The number of carbonyl (C=O) groups is 4. The van der Waals surface area contributed by atoms with Gasteiger partial charge in [0.15, 0.2) is 12.4 Å². The number of aromatic nitrogens is 1. The van der Waals surface area contributed by atoms with E-state index < -0.39 is 47.5 Å². The van der Waals surface area contributed by atoms with Gasteiger partial charge in [-0.1, -0.05) is 30.3 Å². The van der Waals surface area contributed by atoms with Crippen molar-refractivity contribution in [3.63, 3.8) is 0 Å². The van der Waals surface area contributed by atoms with Gasteiger partial charge in [-0.2, -0.15) is 4.57 Å². The zero-order chi connectivity index (χ0) is 29.3. The highest BCUT2D eigenvalue weighted by Crippen LogP contribution is 2.32. The topological polar surface area (TPSA) is 138 Å². The summed E-state index contributed by atoms with van der Waals surface area (Å²) in [6.45, 7) is 5.28. The van der Waals surface area contributed by atoms with Gasteiger partial charge in [0.2, 0.25) is 0 Å². The Labute approximate surface area is 234 Å². The number of hydrogen-bond donors (Lipinski definition) is 1. The van der Waals surface area contributed by atoms with Crippen LogP contribution in [0.5, 0.6) is 0 Å². The van der Waals surface area contributed by atoms with E-state index in [-0.39, 0.29) is 18.9 Å². The van der Waals surface area contributed by atoms with E-state index in [0.717, 1.165) is 18.4 Å². The number of rotatable bonds is 10. The molecule has 0 saturated carbocycles.